The van der Waals surface area contributed by atoms with Gasteiger partial charge in [-0.25, -0.2) is 9.97 Å². The molecule has 0 saturated carbocycles. The number of ketones is 1. The number of aromatic amines is 1. The smallest absolute Gasteiger partial charge is 0.267 e. The molecule has 0 aliphatic carbocycles. The normalized spacial score (nSPS) is 10.5. The van der Waals surface area contributed by atoms with Crippen LogP contribution in [-0.4, -0.2) is 31.2 Å². The van der Waals surface area contributed by atoms with Gasteiger partial charge in [-0.05, 0) is 24.6 Å². The summed E-state index contributed by atoms with van der Waals surface area (Å²) >= 11 is 0. The lowest BCUT2D eigenvalue weighted by atomic mass is 10.2. The Kier molecular flexibility index (Phi) is 4.01. The molecule has 3 heterocycles. The van der Waals surface area contributed by atoms with E-state index in [2.05, 4.69) is 20.3 Å². The highest BCUT2D eigenvalue weighted by Crippen LogP contribution is 2.07. The minimum atomic E-state index is -0.267. The van der Waals surface area contributed by atoms with Crippen molar-refractivity contribution in [2.45, 2.75) is 13.5 Å². The van der Waals surface area contributed by atoms with Crippen LogP contribution >= 0.6 is 0 Å². The summed E-state index contributed by atoms with van der Waals surface area (Å²) in [6.45, 7) is 1.81. The van der Waals surface area contributed by atoms with E-state index in [1.807, 2.05) is 18.3 Å². The summed E-state index contributed by atoms with van der Waals surface area (Å²) in [5.74, 6) is 0.406. The Hall–Kier alpha value is -3.22. The minimum absolute atomic E-state index is 0.0837. The van der Waals surface area contributed by atoms with Gasteiger partial charge in [0.1, 0.15) is 17.8 Å². The molecule has 1 amide bonds. The van der Waals surface area contributed by atoms with E-state index in [1.165, 1.54) is 19.2 Å². The second-order valence-electron chi connectivity index (χ2n) is 5.04. The summed E-state index contributed by atoms with van der Waals surface area (Å²) in [7, 11) is 0. The van der Waals surface area contributed by atoms with Crippen LogP contribution in [-0.2, 0) is 6.54 Å². The quantitative estimate of drug-likeness (QED) is 0.702. The van der Waals surface area contributed by atoms with Crippen molar-refractivity contribution >= 4 is 11.7 Å². The van der Waals surface area contributed by atoms with Gasteiger partial charge in [0.25, 0.3) is 5.91 Å². The van der Waals surface area contributed by atoms with Crippen molar-refractivity contribution in [2.24, 2.45) is 0 Å². The number of nitrogens with zero attached hydrogens (tertiary/aromatic N) is 3. The van der Waals surface area contributed by atoms with Crippen molar-refractivity contribution in [3.8, 4) is 5.82 Å². The van der Waals surface area contributed by atoms with Crippen molar-refractivity contribution in [1.29, 1.82) is 0 Å². The molecule has 3 rings (SSSR count). The third-order valence-corrected chi connectivity index (χ3v) is 3.37. The molecule has 0 aromatic carbocycles. The van der Waals surface area contributed by atoms with Gasteiger partial charge in [0.2, 0.25) is 0 Å². The van der Waals surface area contributed by atoms with Crippen molar-refractivity contribution in [1.82, 2.24) is 24.8 Å². The van der Waals surface area contributed by atoms with Gasteiger partial charge in [0.15, 0.2) is 5.78 Å². The van der Waals surface area contributed by atoms with E-state index in [-0.39, 0.29) is 11.7 Å². The van der Waals surface area contributed by atoms with Gasteiger partial charge in [-0.15, -0.1) is 0 Å². The Balaban J connectivity index is 1.61. The van der Waals surface area contributed by atoms with E-state index >= 15 is 0 Å². The van der Waals surface area contributed by atoms with Crippen molar-refractivity contribution < 1.29 is 9.59 Å². The maximum Gasteiger partial charge on any atom is 0.267 e. The van der Waals surface area contributed by atoms with Crippen LogP contribution in [0.25, 0.3) is 5.82 Å². The molecule has 0 bridgehead atoms. The highest BCUT2D eigenvalue weighted by atomic mass is 16.2. The summed E-state index contributed by atoms with van der Waals surface area (Å²) < 4.78 is 1.80. The van der Waals surface area contributed by atoms with Crippen molar-refractivity contribution in [3.63, 3.8) is 0 Å². The molecular formula is C16H15N5O2. The third kappa shape index (κ3) is 3.34. The molecule has 3 aromatic heterocycles. The molecule has 0 saturated heterocycles. The first kappa shape index (κ1) is 14.7. The number of aromatic nitrogens is 4. The number of imidazole rings is 1. The number of amides is 1. The predicted molar refractivity (Wildman–Crippen MR) is 83.3 cm³/mol. The number of nitrogens with one attached hydrogen (secondary N) is 2. The number of carbonyl (C=O) groups is 2. The fourth-order valence-electron chi connectivity index (χ4n) is 2.07. The standard InChI is InChI=1S/C16H15N5O2/c1-11(22)13-6-14(18-9-13)16(23)20-8-12-2-3-15(19-7-12)21-5-4-17-10-21/h2-7,9-10,18H,8H2,1H3,(H,20,23). The van der Waals surface area contributed by atoms with Crippen molar-refractivity contribution in [2.75, 3.05) is 0 Å². The van der Waals surface area contributed by atoms with Gasteiger partial charge in [-0.1, -0.05) is 6.07 Å². The largest absolute Gasteiger partial charge is 0.356 e. The van der Waals surface area contributed by atoms with E-state index in [1.54, 1.807) is 23.3 Å². The highest BCUT2D eigenvalue weighted by molar-refractivity contribution is 5.99. The molecule has 0 aliphatic heterocycles. The van der Waals surface area contributed by atoms with Gasteiger partial charge < -0.3 is 10.3 Å². The second-order valence-corrected chi connectivity index (χ2v) is 5.04. The van der Waals surface area contributed by atoms with Crippen LogP contribution in [0.15, 0.2) is 49.3 Å². The summed E-state index contributed by atoms with van der Waals surface area (Å²) in [4.78, 5) is 34.3. The lowest BCUT2D eigenvalue weighted by molar-refractivity contribution is 0.0946. The molecule has 0 radical (unpaired) electrons. The number of hydrogen-bond donors (Lipinski definition) is 2. The average Bonchev–Trinajstić information content (AvgIpc) is 3.24. The van der Waals surface area contributed by atoms with E-state index in [4.69, 9.17) is 0 Å². The molecule has 116 valence electrons. The fourth-order valence-corrected chi connectivity index (χ4v) is 2.07. The second kappa shape index (κ2) is 6.27. The number of carbonyl (C=O) groups excluding carboxylic acids is 2. The molecule has 3 aromatic rings. The van der Waals surface area contributed by atoms with Crippen LogP contribution < -0.4 is 5.32 Å². The van der Waals surface area contributed by atoms with Crippen LogP contribution in [0.4, 0.5) is 0 Å². The molecular weight excluding hydrogens is 294 g/mol. The molecule has 0 fully saturated rings. The highest BCUT2D eigenvalue weighted by Gasteiger charge is 2.10. The molecule has 2 N–H and O–H groups in total. The lowest BCUT2D eigenvalue weighted by Gasteiger charge is -2.05. The van der Waals surface area contributed by atoms with Crippen LogP contribution in [0.5, 0.6) is 0 Å². The minimum Gasteiger partial charge on any atom is -0.356 e. The van der Waals surface area contributed by atoms with Gasteiger partial charge in [-0.3, -0.25) is 14.2 Å². The zero-order chi connectivity index (χ0) is 16.2. The Morgan fingerprint density at radius 1 is 1.35 bits per heavy atom. The van der Waals surface area contributed by atoms with E-state index in [9.17, 15) is 9.59 Å². The predicted octanol–water partition coefficient (Wildman–Crippen LogP) is 1.73. The number of Topliss-reactive ketones (excluding diaryl/α,β-unsaturated/α-hetero) is 1. The summed E-state index contributed by atoms with van der Waals surface area (Å²) in [6, 6.07) is 5.28. The summed E-state index contributed by atoms with van der Waals surface area (Å²) in [5, 5.41) is 2.78. The maximum absolute atomic E-state index is 12.0. The van der Waals surface area contributed by atoms with E-state index in [0.29, 0.717) is 17.8 Å². The van der Waals surface area contributed by atoms with Crippen molar-refractivity contribution in [3.05, 3.63) is 66.1 Å². The van der Waals surface area contributed by atoms with Gasteiger partial charge in [0, 0.05) is 36.9 Å². The number of pyridine rings is 1. The summed E-state index contributed by atoms with van der Waals surface area (Å²) in [6.07, 6.45) is 8.38. The summed E-state index contributed by atoms with van der Waals surface area (Å²) in [5.41, 5.74) is 1.72. The average molecular weight is 309 g/mol. The van der Waals surface area contributed by atoms with E-state index < -0.39 is 0 Å². The molecule has 7 nitrogen and oxygen atoms in total. The molecule has 0 atom stereocenters. The molecule has 23 heavy (non-hydrogen) atoms. The number of rotatable bonds is 5. The molecule has 0 aliphatic rings. The van der Waals surface area contributed by atoms with Crippen LogP contribution in [0, 0.1) is 0 Å². The van der Waals surface area contributed by atoms with Crippen LogP contribution in [0.3, 0.4) is 0 Å². The first-order valence-electron chi connectivity index (χ1n) is 7.04. The Bertz CT molecular complexity index is 819. The van der Waals surface area contributed by atoms with Crippen LogP contribution in [0.1, 0.15) is 33.3 Å². The van der Waals surface area contributed by atoms with Crippen LogP contribution in [0.2, 0.25) is 0 Å². The fraction of sp³-hybridized carbons (Fsp3) is 0.125. The first-order chi connectivity index (χ1) is 11.1. The zero-order valence-electron chi connectivity index (χ0n) is 12.5. The topological polar surface area (TPSA) is 92.7 Å². The molecule has 0 unspecified atom stereocenters. The lowest BCUT2D eigenvalue weighted by Crippen LogP contribution is -2.23. The Labute approximate surface area is 132 Å². The third-order valence-electron chi connectivity index (χ3n) is 3.37. The maximum atomic E-state index is 12.0. The first-order valence-corrected chi connectivity index (χ1v) is 7.04. The zero-order valence-corrected chi connectivity index (χ0v) is 12.5. The van der Waals surface area contributed by atoms with Gasteiger partial charge >= 0.3 is 0 Å². The number of H-pyrrole nitrogens is 1. The Morgan fingerprint density at radius 2 is 2.22 bits per heavy atom. The van der Waals surface area contributed by atoms with Gasteiger partial charge in [0.05, 0.1) is 0 Å². The monoisotopic (exact) mass is 309 g/mol. The SMILES string of the molecule is CC(=O)c1c[nH]c(C(=O)NCc2ccc(-n3ccnc3)nc2)c1. The molecule has 0 spiro atoms. The molecule has 7 heteroatoms. The number of hydrogen-bond acceptors (Lipinski definition) is 4. The van der Waals surface area contributed by atoms with Gasteiger partial charge in [-0.2, -0.15) is 0 Å². The van der Waals surface area contributed by atoms with E-state index in [0.717, 1.165) is 11.4 Å². The Morgan fingerprint density at radius 3 is 2.83 bits per heavy atom.